The van der Waals surface area contributed by atoms with Gasteiger partial charge in [0.25, 0.3) is 11.7 Å². The zero-order valence-corrected chi connectivity index (χ0v) is 71.9. The van der Waals surface area contributed by atoms with E-state index in [1.807, 2.05) is 56.7 Å². The zero-order chi connectivity index (χ0) is 85.7. The summed E-state index contributed by atoms with van der Waals surface area (Å²) in [5.74, 6) is -10.9. The number of anilines is 1. The first-order valence-corrected chi connectivity index (χ1v) is 41.1. The Kier molecular flexibility index (Phi) is 31.9. The van der Waals surface area contributed by atoms with Crippen LogP contribution in [-0.2, 0) is 57.0 Å². The highest BCUT2D eigenvalue weighted by atomic mass is 16.7. The number of nitrogens with zero attached hydrogens (tertiary/aromatic N) is 5. The number of carbonyl (C=O) groups excluding carboxylic acids is 4. The molecule has 4 saturated heterocycles. The van der Waals surface area contributed by atoms with E-state index in [-0.39, 0.29) is 81.8 Å². The number of ether oxygens (including phenoxy) is 10. The molecule has 30 nitrogen and oxygen atoms in total. The predicted molar refractivity (Wildman–Crippen MR) is 431 cm³/mol. The van der Waals surface area contributed by atoms with Crippen LogP contribution in [0.25, 0.3) is 10.8 Å². The second-order valence-electron chi connectivity index (χ2n) is 35.0. The van der Waals surface area contributed by atoms with Crippen LogP contribution in [0.2, 0.25) is 0 Å². The van der Waals surface area contributed by atoms with Crippen LogP contribution in [0.4, 0.5) is 5.69 Å². The van der Waals surface area contributed by atoms with Crippen LogP contribution in [0.15, 0.2) is 41.2 Å². The maximum absolute atomic E-state index is 14.5. The van der Waals surface area contributed by atoms with Crippen LogP contribution in [0, 0.1) is 48.3 Å². The number of hydrogen-bond acceptors (Lipinski definition) is 29. The number of allylic oxidation sites excluding steroid dienone is 2. The Bertz CT molecular complexity index is 3780. The number of phenolic OH excluding ortho intramolecular Hbond substituents is 3. The lowest BCUT2D eigenvalue weighted by molar-refractivity contribution is -0.318. The molecule has 8 aliphatic rings. The Morgan fingerprint density at radius 2 is 1.42 bits per heavy atom. The number of hydrazone groups is 1. The standard InChI is InChI=1S/C47H64N4O12.C38H72N2O12/c1-24-13-12-14-25(2)46(59)49-37-32(23-48-51-20-18-50(19-21-51)31-15-10-11-16-31)41(56)34-35(42(37)57)40(55)29(6)44-36(34)45(58)47(8,63-44)61-22-17-33(60-9)26(3)43(62-30(7)52)28(5)39(54)27(4)38(24)53;1-15-27-38(10,46)31(42)24(6)40(13)19-20(2)17-36(8,45)33(52-35-29(41)26(39(11)12)16-21(3)48-35)22(4)30(23(5)34(44)50-27)51-28-18-37(9,47-14)32(43)25(7)49-28/h12-14,17,22-24,26-28,31,33,38-39,43,53-57H,10-11,15-16,18-21H2,1-9H3,(H,49,59);20-33,35,41-43,45-46H,15-19H2,1-14H3/b13-12+,22-17+,25-14-,48-23-;/t24-,26+,27+,28+,33-,38-,39+,43+,47-;20-,21?,22+,23-,24-,25?,26?,27-,28?,29?,30+,31-,32?,33-,35?,36-,37?,38-/m01/s1. The number of phenols is 3. The van der Waals surface area contributed by atoms with Gasteiger partial charge in [0, 0.05) is 131 Å². The molecule has 10 rings (SSSR count). The molecule has 5 fully saturated rings. The lowest BCUT2D eigenvalue weighted by Crippen LogP contribution is -2.60. The second kappa shape index (κ2) is 38.9. The Hall–Kier alpha value is -6.17. The van der Waals surface area contributed by atoms with E-state index in [1.54, 1.807) is 81.4 Å². The molecular weight excluding hydrogens is 1490 g/mol. The minimum atomic E-state index is -2.04. The fourth-order valence-electron chi connectivity index (χ4n) is 18.2. The van der Waals surface area contributed by atoms with Crippen molar-refractivity contribution < 1.29 is 118 Å². The number of amides is 1. The summed E-state index contributed by atoms with van der Waals surface area (Å²) in [5, 5.41) is 126. The van der Waals surface area contributed by atoms with Gasteiger partial charge < -0.3 is 114 Å². The molecule has 0 aromatic heterocycles. The number of likely N-dealkylation sites (N-methyl/N-ethyl adjacent to an activating group) is 2. The number of piperazine rings is 1. The van der Waals surface area contributed by atoms with E-state index in [1.165, 1.54) is 99.2 Å². The van der Waals surface area contributed by atoms with E-state index in [4.69, 9.17) is 47.4 Å². The lowest BCUT2D eigenvalue weighted by Gasteiger charge is -2.48. The second-order valence-corrected chi connectivity index (χ2v) is 35.0. The maximum atomic E-state index is 14.5. The average molecular weight is 1630 g/mol. The first kappa shape index (κ1) is 94.3. The van der Waals surface area contributed by atoms with Crippen LogP contribution in [-0.4, -0.2) is 295 Å². The number of aliphatic hydroxyl groups is 7. The van der Waals surface area contributed by atoms with Gasteiger partial charge in [-0.05, 0) is 128 Å². The number of methoxy groups -OCH3 is 2. The third kappa shape index (κ3) is 20.8. The van der Waals surface area contributed by atoms with Crippen molar-refractivity contribution in [3.63, 3.8) is 0 Å². The molecule has 1 aliphatic carbocycles. The number of aliphatic hydroxyl groups excluding tert-OH is 5. The van der Waals surface area contributed by atoms with Gasteiger partial charge in [0.05, 0.1) is 94.5 Å². The molecule has 5 bridgehead atoms. The van der Waals surface area contributed by atoms with E-state index >= 15 is 0 Å². The van der Waals surface area contributed by atoms with E-state index in [9.17, 15) is 70.2 Å². The molecule has 2 aromatic rings. The quantitative estimate of drug-likeness (QED) is 0.0423. The average Bonchev–Trinajstić information content (AvgIpc) is 1.60. The van der Waals surface area contributed by atoms with Gasteiger partial charge in [0.15, 0.2) is 18.3 Å². The summed E-state index contributed by atoms with van der Waals surface area (Å²) >= 11 is 0. The normalized spacial score (nSPS) is 40.2. The van der Waals surface area contributed by atoms with Gasteiger partial charge in [-0.2, -0.15) is 5.10 Å². The van der Waals surface area contributed by atoms with Crippen molar-refractivity contribution in [2.24, 2.45) is 46.5 Å². The number of fused-ring (bicyclic) bond motifs is 14. The molecule has 0 radical (unpaired) electrons. The highest BCUT2D eigenvalue weighted by molar-refractivity contribution is 6.24. The molecule has 27 atom stereocenters. The van der Waals surface area contributed by atoms with Crippen molar-refractivity contribution in [1.29, 1.82) is 0 Å². The van der Waals surface area contributed by atoms with Crippen molar-refractivity contribution in [2.75, 3.05) is 73.4 Å². The summed E-state index contributed by atoms with van der Waals surface area (Å²) in [6.07, 6.45) is 1.56. The molecule has 1 saturated carbocycles. The maximum Gasteiger partial charge on any atom is 0.312 e. The van der Waals surface area contributed by atoms with Crippen molar-refractivity contribution in [2.45, 2.75) is 303 Å². The number of aromatic hydroxyl groups is 3. The van der Waals surface area contributed by atoms with E-state index in [0.717, 1.165) is 13.1 Å². The van der Waals surface area contributed by atoms with E-state index in [0.29, 0.717) is 32.1 Å². The summed E-state index contributed by atoms with van der Waals surface area (Å²) in [5.41, 5.74) is -4.67. The molecule has 2 aromatic carbocycles. The Morgan fingerprint density at radius 3 is 2.02 bits per heavy atom. The number of ketones is 1. The zero-order valence-electron chi connectivity index (χ0n) is 71.9. The van der Waals surface area contributed by atoms with E-state index < -0.39 is 185 Å². The highest BCUT2D eigenvalue weighted by Crippen LogP contribution is 2.55. The molecule has 1 amide bonds. The summed E-state index contributed by atoms with van der Waals surface area (Å²) in [6.45, 7) is 33.4. The Balaban J connectivity index is 0.000000293. The fraction of sp³-hybridized carbons (Fsp3) is 0.753. The third-order valence-electron chi connectivity index (χ3n) is 25.7. The number of cyclic esters (lactones) is 1. The van der Waals surface area contributed by atoms with Gasteiger partial charge in [0.2, 0.25) is 0 Å². The summed E-state index contributed by atoms with van der Waals surface area (Å²) < 4.78 is 61.2. The van der Waals surface area contributed by atoms with Gasteiger partial charge >= 0.3 is 17.7 Å². The van der Waals surface area contributed by atoms with Crippen LogP contribution < -0.4 is 10.1 Å². The van der Waals surface area contributed by atoms with Crippen LogP contribution in [0.3, 0.4) is 0 Å². The molecule has 8 unspecified atom stereocenters. The molecule has 7 aliphatic heterocycles. The van der Waals surface area contributed by atoms with Gasteiger partial charge in [-0.3, -0.25) is 29.1 Å². The summed E-state index contributed by atoms with van der Waals surface area (Å²) in [4.78, 5) is 61.3. The van der Waals surface area contributed by atoms with Gasteiger partial charge in [-0.15, -0.1) is 0 Å². The van der Waals surface area contributed by atoms with Crippen molar-refractivity contribution >= 4 is 46.3 Å². The first-order chi connectivity index (χ1) is 53.7. The number of carbonyl (C=O) groups is 4. The molecule has 11 N–H and O–H groups in total. The molecular formula is C85H136N6O24. The summed E-state index contributed by atoms with van der Waals surface area (Å²) in [7, 11) is 8.56. The molecule has 7 heterocycles. The van der Waals surface area contributed by atoms with Gasteiger partial charge in [-0.1, -0.05) is 79.5 Å². The topological polar surface area (TPSA) is 400 Å². The number of esters is 2. The van der Waals surface area contributed by atoms with Crippen LogP contribution in [0.1, 0.15) is 191 Å². The van der Waals surface area contributed by atoms with Crippen molar-refractivity contribution in [1.82, 2.24) is 19.7 Å². The molecule has 30 heteroatoms. The largest absolute Gasteiger partial charge is 0.507 e. The SMILES string of the molecule is CC[C@H]1OC(=O)[C@H](C)[C@@H](OC2CC(C)(OC)C(O)C(C)O2)[C@H](C)[C@@H](OC2OC(C)CC(N(C)C)C2O)[C@](C)(O)C[C@@H](C)CN(C)[C@H](C)[C@@H](O)[C@]1(C)O.CO[C@H]1/C=C/O[C@@]2(C)Oc3c(C)c(O)c4c(O)c(c(/C=N\N5CCN(C6CCCC6)CC5)c(O)c4c3C2=O)NC(=O)/C(C)=C\C=C\[C@H](C)[C@H](O)[C@@H](C)[C@@H](O)[C@@H](C)[C@H](OC(C)=O)[C@@H]1C. The fourth-order valence-corrected chi connectivity index (χ4v) is 18.2. The van der Waals surface area contributed by atoms with Crippen molar-refractivity contribution in [3.05, 3.63) is 52.8 Å². The Labute approximate surface area is 679 Å². The van der Waals surface area contributed by atoms with E-state index in [2.05, 4.69) is 15.3 Å². The van der Waals surface area contributed by atoms with Gasteiger partial charge in [-0.25, -0.2) is 0 Å². The molecule has 650 valence electrons. The first-order valence-electron chi connectivity index (χ1n) is 41.1. The number of rotatable bonds is 12. The van der Waals surface area contributed by atoms with Crippen molar-refractivity contribution in [3.8, 4) is 23.0 Å². The minimum Gasteiger partial charge on any atom is -0.507 e. The monoisotopic (exact) mass is 1620 g/mol. The third-order valence-corrected chi connectivity index (χ3v) is 25.7. The lowest BCUT2D eigenvalue weighted by atomic mass is 9.77. The summed E-state index contributed by atoms with van der Waals surface area (Å²) in [6, 6.07) is -0.254. The highest BCUT2D eigenvalue weighted by Gasteiger charge is 2.55. The number of Topliss-reactive ketones (excluding diaryl/α,β-unsaturated/α-hetero) is 1. The Morgan fingerprint density at radius 1 is 0.774 bits per heavy atom. The number of hydrogen-bond donors (Lipinski definition) is 11. The van der Waals surface area contributed by atoms with Gasteiger partial charge in [0.1, 0.15) is 53.4 Å². The molecule has 115 heavy (non-hydrogen) atoms. The predicted octanol–water partition coefficient (Wildman–Crippen LogP) is 7.55. The van der Waals surface area contributed by atoms with Crippen LogP contribution >= 0.6 is 0 Å². The molecule has 0 spiro atoms. The number of benzene rings is 2. The number of nitrogens with one attached hydrogen (secondary N) is 1. The van der Waals surface area contributed by atoms with Crippen LogP contribution in [0.5, 0.6) is 23.0 Å². The smallest absolute Gasteiger partial charge is 0.312 e. The minimum absolute atomic E-state index is 0.0631.